The number of benzene rings is 2. The summed E-state index contributed by atoms with van der Waals surface area (Å²) in [6.07, 6.45) is 2.01. The number of hydrogen-bond donors (Lipinski definition) is 0. The fraction of sp³-hybridized carbons (Fsp3) is 0.304. The van der Waals surface area contributed by atoms with Crippen molar-refractivity contribution in [3.63, 3.8) is 0 Å². The number of carbonyl (C=O) groups is 1. The molecule has 2 aromatic carbocycles. The predicted octanol–water partition coefficient (Wildman–Crippen LogP) is 4.46. The number of rotatable bonds is 5. The minimum Gasteiger partial charge on any atom is -0.382 e. The maximum Gasteiger partial charge on any atom is 0.254 e. The summed E-state index contributed by atoms with van der Waals surface area (Å²) in [5.41, 5.74) is 4.79. The van der Waals surface area contributed by atoms with Gasteiger partial charge < -0.3 is 9.64 Å². The van der Waals surface area contributed by atoms with E-state index >= 15 is 0 Å². The lowest BCUT2D eigenvalue weighted by Crippen LogP contribution is -2.42. The number of likely N-dealkylation sites (N-methyl/N-ethyl adjacent to an activating group) is 1. The molecule has 1 amide bonds. The largest absolute Gasteiger partial charge is 0.382 e. The van der Waals surface area contributed by atoms with E-state index in [1.165, 1.54) is 0 Å². The van der Waals surface area contributed by atoms with E-state index in [1.54, 1.807) is 7.11 Å². The van der Waals surface area contributed by atoms with Crippen LogP contribution in [0.4, 0.5) is 0 Å². The van der Waals surface area contributed by atoms with E-state index in [0.717, 1.165) is 40.6 Å². The number of ether oxygens (including phenoxy) is 1. The molecule has 1 fully saturated rings. The van der Waals surface area contributed by atoms with Crippen molar-refractivity contribution in [2.45, 2.75) is 25.3 Å². The topological polar surface area (TPSA) is 42.4 Å². The van der Waals surface area contributed by atoms with Gasteiger partial charge in [0.2, 0.25) is 0 Å². The third-order valence-corrected chi connectivity index (χ3v) is 5.54. The molecule has 0 bridgehead atoms. The van der Waals surface area contributed by atoms with Gasteiger partial charge in [0.15, 0.2) is 0 Å². The molecule has 0 aliphatic heterocycles. The SMILES string of the molecule is COCC1(N(C)C(=O)c2ccc(-c3cc(C)nc4ccccc34)cc2)CC1. The number of nitrogens with zero attached hydrogens (tertiary/aromatic N) is 2. The molecule has 4 rings (SSSR count). The molecule has 0 saturated heterocycles. The van der Waals surface area contributed by atoms with Crippen LogP contribution in [0.5, 0.6) is 0 Å². The van der Waals surface area contributed by atoms with Crippen molar-refractivity contribution >= 4 is 16.8 Å². The van der Waals surface area contributed by atoms with Crippen LogP contribution in [0, 0.1) is 6.92 Å². The molecule has 27 heavy (non-hydrogen) atoms. The maximum absolute atomic E-state index is 12.9. The van der Waals surface area contributed by atoms with Crippen molar-refractivity contribution in [3.8, 4) is 11.1 Å². The fourth-order valence-electron chi connectivity index (χ4n) is 3.74. The van der Waals surface area contributed by atoms with Crippen LogP contribution in [0.2, 0.25) is 0 Å². The summed E-state index contributed by atoms with van der Waals surface area (Å²) in [4.78, 5) is 19.3. The van der Waals surface area contributed by atoms with Crippen LogP contribution in [0.3, 0.4) is 0 Å². The highest BCUT2D eigenvalue weighted by Gasteiger charge is 2.48. The second-order valence-corrected chi connectivity index (χ2v) is 7.43. The first-order valence-electron chi connectivity index (χ1n) is 9.28. The Hall–Kier alpha value is -2.72. The Morgan fingerprint density at radius 3 is 2.52 bits per heavy atom. The zero-order chi connectivity index (χ0) is 19.0. The smallest absolute Gasteiger partial charge is 0.254 e. The molecule has 4 nitrogen and oxygen atoms in total. The van der Waals surface area contributed by atoms with Crippen molar-refractivity contribution in [1.29, 1.82) is 0 Å². The highest BCUT2D eigenvalue weighted by molar-refractivity contribution is 5.97. The molecule has 0 radical (unpaired) electrons. The molecule has 0 atom stereocenters. The Kier molecular flexibility index (Phi) is 4.44. The van der Waals surface area contributed by atoms with E-state index in [9.17, 15) is 4.79 Å². The average molecular weight is 360 g/mol. The van der Waals surface area contributed by atoms with Gasteiger partial charge in [0, 0.05) is 30.8 Å². The van der Waals surface area contributed by atoms with Gasteiger partial charge in [-0.15, -0.1) is 0 Å². The average Bonchev–Trinajstić information content (AvgIpc) is 3.47. The molecule has 1 saturated carbocycles. The molecule has 0 unspecified atom stereocenters. The normalized spacial score (nSPS) is 14.9. The lowest BCUT2D eigenvalue weighted by Gasteiger charge is -2.27. The number of aryl methyl sites for hydroxylation is 1. The van der Waals surface area contributed by atoms with Gasteiger partial charge >= 0.3 is 0 Å². The Bertz CT molecular complexity index is 991. The van der Waals surface area contributed by atoms with Gasteiger partial charge in [-0.25, -0.2) is 0 Å². The van der Waals surface area contributed by atoms with Crippen LogP contribution in [-0.2, 0) is 4.74 Å². The highest BCUT2D eigenvalue weighted by Crippen LogP contribution is 2.41. The molecular weight excluding hydrogens is 336 g/mol. The molecule has 3 aromatic rings. The summed E-state index contributed by atoms with van der Waals surface area (Å²) < 4.78 is 5.31. The summed E-state index contributed by atoms with van der Waals surface area (Å²) >= 11 is 0. The monoisotopic (exact) mass is 360 g/mol. The molecule has 138 valence electrons. The first kappa shape index (κ1) is 17.7. The van der Waals surface area contributed by atoms with E-state index in [4.69, 9.17) is 4.74 Å². The van der Waals surface area contributed by atoms with Crippen LogP contribution in [0.1, 0.15) is 28.9 Å². The quantitative estimate of drug-likeness (QED) is 0.674. The third kappa shape index (κ3) is 3.21. The number of fused-ring (bicyclic) bond motifs is 1. The Morgan fingerprint density at radius 2 is 1.85 bits per heavy atom. The predicted molar refractivity (Wildman–Crippen MR) is 108 cm³/mol. The molecule has 1 aromatic heterocycles. The van der Waals surface area contributed by atoms with Crippen LogP contribution in [0.15, 0.2) is 54.6 Å². The van der Waals surface area contributed by atoms with Crippen LogP contribution >= 0.6 is 0 Å². The lowest BCUT2D eigenvalue weighted by atomic mass is 9.99. The van der Waals surface area contributed by atoms with Crippen LogP contribution < -0.4 is 0 Å². The Labute approximate surface area is 159 Å². The molecular formula is C23H24N2O2. The summed E-state index contributed by atoms with van der Waals surface area (Å²) in [7, 11) is 3.57. The zero-order valence-corrected chi connectivity index (χ0v) is 16.0. The van der Waals surface area contributed by atoms with Gasteiger partial charge in [-0.1, -0.05) is 30.3 Å². The second-order valence-electron chi connectivity index (χ2n) is 7.43. The third-order valence-electron chi connectivity index (χ3n) is 5.54. The van der Waals surface area contributed by atoms with Gasteiger partial charge in [0.05, 0.1) is 17.7 Å². The standard InChI is InChI=1S/C23H24N2O2/c1-16-14-20(19-6-4-5-7-21(19)24-16)17-8-10-18(11-9-17)22(26)25(2)23(12-13-23)15-27-3/h4-11,14H,12-13,15H2,1-3H3. The summed E-state index contributed by atoms with van der Waals surface area (Å²) in [5.74, 6) is 0.0480. The number of carbonyl (C=O) groups excluding carboxylic acids is 1. The molecule has 1 aliphatic carbocycles. The molecule has 1 aliphatic rings. The number of hydrogen-bond acceptors (Lipinski definition) is 3. The summed E-state index contributed by atoms with van der Waals surface area (Å²) in [6.45, 7) is 2.60. The lowest BCUT2D eigenvalue weighted by molar-refractivity contribution is 0.0551. The fourth-order valence-corrected chi connectivity index (χ4v) is 3.74. The van der Waals surface area contributed by atoms with Gasteiger partial charge in [-0.2, -0.15) is 0 Å². The van der Waals surface area contributed by atoms with Crippen molar-refractivity contribution in [2.24, 2.45) is 0 Å². The van der Waals surface area contributed by atoms with E-state index in [0.29, 0.717) is 12.2 Å². The van der Waals surface area contributed by atoms with Gasteiger partial charge in [0.25, 0.3) is 5.91 Å². The Balaban J connectivity index is 1.64. The Morgan fingerprint density at radius 1 is 1.15 bits per heavy atom. The highest BCUT2D eigenvalue weighted by atomic mass is 16.5. The van der Waals surface area contributed by atoms with Gasteiger partial charge in [-0.05, 0) is 55.2 Å². The number of methoxy groups -OCH3 is 1. The minimum absolute atomic E-state index is 0.0480. The number of aromatic nitrogens is 1. The van der Waals surface area contributed by atoms with E-state index in [1.807, 2.05) is 61.3 Å². The second kappa shape index (κ2) is 6.78. The van der Waals surface area contributed by atoms with E-state index < -0.39 is 0 Å². The molecule has 4 heteroatoms. The van der Waals surface area contributed by atoms with Crippen LogP contribution in [-0.4, -0.2) is 42.1 Å². The van der Waals surface area contributed by atoms with E-state index in [2.05, 4.69) is 17.1 Å². The number of amides is 1. The zero-order valence-electron chi connectivity index (χ0n) is 16.0. The maximum atomic E-state index is 12.9. The van der Waals surface area contributed by atoms with Crippen molar-refractivity contribution in [1.82, 2.24) is 9.88 Å². The molecule has 0 spiro atoms. The number of pyridine rings is 1. The summed E-state index contributed by atoms with van der Waals surface area (Å²) in [5, 5.41) is 1.12. The first-order valence-corrected chi connectivity index (χ1v) is 9.28. The van der Waals surface area contributed by atoms with Crippen molar-refractivity contribution < 1.29 is 9.53 Å². The first-order chi connectivity index (χ1) is 13.0. The van der Waals surface area contributed by atoms with Gasteiger partial charge in [0.1, 0.15) is 0 Å². The van der Waals surface area contributed by atoms with Gasteiger partial charge in [-0.3, -0.25) is 9.78 Å². The minimum atomic E-state index is -0.122. The molecule has 0 N–H and O–H groups in total. The molecule has 1 heterocycles. The van der Waals surface area contributed by atoms with Crippen molar-refractivity contribution in [2.75, 3.05) is 20.8 Å². The number of para-hydroxylation sites is 1. The van der Waals surface area contributed by atoms with E-state index in [-0.39, 0.29) is 11.4 Å². The van der Waals surface area contributed by atoms with Crippen molar-refractivity contribution in [3.05, 3.63) is 65.9 Å². The van der Waals surface area contributed by atoms with Crippen LogP contribution in [0.25, 0.3) is 22.0 Å². The summed E-state index contributed by atoms with van der Waals surface area (Å²) in [6, 6.07) is 18.1.